The van der Waals surface area contributed by atoms with Crippen molar-refractivity contribution in [1.29, 1.82) is 0 Å². The van der Waals surface area contributed by atoms with Gasteiger partial charge in [-0.25, -0.2) is 0 Å². The summed E-state index contributed by atoms with van der Waals surface area (Å²) in [7, 11) is 0. The van der Waals surface area contributed by atoms with Crippen molar-refractivity contribution in [3.05, 3.63) is 108 Å². The third-order valence-corrected chi connectivity index (χ3v) is 5.13. The molecule has 0 amide bonds. The van der Waals surface area contributed by atoms with Crippen LogP contribution in [0.2, 0.25) is 0 Å². The molecule has 4 rings (SSSR count). The summed E-state index contributed by atoms with van der Waals surface area (Å²) in [6.45, 7) is 3.75. The van der Waals surface area contributed by atoms with E-state index in [-0.39, 0.29) is 11.9 Å². The van der Waals surface area contributed by atoms with Gasteiger partial charge in [0.1, 0.15) is 11.9 Å². The SMILES string of the molecule is CC(=O)C[C@H]1N=C(c2ccccc2)C(C)=C(c2ccccc2)N1c1ccccc1. The van der Waals surface area contributed by atoms with Crippen molar-refractivity contribution >= 4 is 22.9 Å². The van der Waals surface area contributed by atoms with Crippen LogP contribution < -0.4 is 4.90 Å². The molecule has 0 unspecified atom stereocenters. The summed E-state index contributed by atoms with van der Waals surface area (Å²) in [4.78, 5) is 19.4. The summed E-state index contributed by atoms with van der Waals surface area (Å²) in [6.07, 6.45) is 0.0680. The van der Waals surface area contributed by atoms with Gasteiger partial charge in [0.05, 0.1) is 11.4 Å². The summed E-state index contributed by atoms with van der Waals surface area (Å²) >= 11 is 0. The Balaban J connectivity index is 1.95. The Morgan fingerprint density at radius 3 is 1.90 bits per heavy atom. The summed E-state index contributed by atoms with van der Waals surface area (Å²) in [6, 6.07) is 30.8. The van der Waals surface area contributed by atoms with Crippen LogP contribution >= 0.6 is 0 Å². The molecule has 0 aromatic heterocycles. The first kappa shape index (κ1) is 18.9. The average Bonchev–Trinajstić information content (AvgIpc) is 2.76. The summed E-state index contributed by atoms with van der Waals surface area (Å²) in [5.41, 5.74) is 6.36. The van der Waals surface area contributed by atoms with Crippen LogP contribution in [-0.2, 0) is 4.79 Å². The Kier molecular flexibility index (Phi) is 5.39. The third-order valence-electron chi connectivity index (χ3n) is 5.13. The maximum Gasteiger partial charge on any atom is 0.133 e. The Bertz CT molecular complexity index is 1050. The number of allylic oxidation sites excluding steroid dienone is 1. The molecule has 1 aliphatic heterocycles. The molecule has 0 radical (unpaired) electrons. The van der Waals surface area contributed by atoms with Gasteiger partial charge >= 0.3 is 0 Å². The molecule has 3 nitrogen and oxygen atoms in total. The van der Waals surface area contributed by atoms with Crippen LogP contribution in [0.25, 0.3) is 5.70 Å². The van der Waals surface area contributed by atoms with Gasteiger partial charge in [0.2, 0.25) is 0 Å². The lowest BCUT2D eigenvalue weighted by molar-refractivity contribution is -0.117. The fourth-order valence-corrected chi connectivity index (χ4v) is 3.87. The van der Waals surface area contributed by atoms with Crippen LogP contribution in [0.15, 0.2) is 102 Å². The van der Waals surface area contributed by atoms with E-state index < -0.39 is 0 Å². The number of carbonyl (C=O) groups excluding carboxylic acids is 1. The Morgan fingerprint density at radius 1 is 0.828 bits per heavy atom. The minimum atomic E-state index is -0.288. The molecule has 0 spiro atoms. The maximum absolute atomic E-state index is 12.1. The van der Waals surface area contributed by atoms with E-state index in [1.165, 1.54) is 0 Å². The van der Waals surface area contributed by atoms with Crippen molar-refractivity contribution in [1.82, 2.24) is 0 Å². The minimum Gasteiger partial charge on any atom is -0.317 e. The molecule has 0 saturated carbocycles. The predicted octanol–water partition coefficient (Wildman–Crippen LogP) is 5.73. The largest absolute Gasteiger partial charge is 0.317 e. The second kappa shape index (κ2) is 8.27. The molecule has 29 heavy (non-hydrogen) atoms. The molecule has 1 aliphatic rings. The summed E-state index contributed by atoms with van der Waals surface area (Å²) < 4.78 is 0. The van der Waals surface area contributed by atoms with E-state index in [0.717, 1.165) is 33.8 Å². The maximum atomic E-state index is 12.1. The van der Waals surface area contributed by atoms with Gasteiger partial charge in [-0.3, -0.25) is 9.79 Å². The molecule has 1 atom stereocenters. The molecule has 0 fully saturated rings. The molecule has 3 aromatic carbocycles. The minimum absolute atomic E-state index is 0.124. The number of rotatable bonds is 5. The second-order valence-electron chi connectivity index (χ2n) is 7.28. The Morgan fingerprint density at radius 2 is 1.34 bits per heavy atom. The zero-order valence-corrected chi connectivity index (χ0v) is 16.7. The number of Topliss-reactive ketones (excluding diaryl/α,β-unsaturated/α-hetero) is 1. The van der Waals surface area contributed by atoms with Gasteiger partial charge in [-0.2, -0.15) is 0 Å². The number of nitrogens with zero attached hydrogens (tertiary/aromatic N) is 2. The van der Waals surface area contributed by atoms with Crippen LogP contribution in [0.4, 0.5) is 5.69 Å². The van der Waals surface area contributed by atoms with Crippen molar-refractivity contribution in [2.24, 2.45) is 4.99 Å². The van der Waals surface area contributed by atoms with Crippen LogP contribution in [-0.4, -0.2) is 17.7 Å². The standard InChI is InChI=1S/C26H24N2O/c1-19(29)18-24-27-25(21-12-6-3-7-13-21)20(2)26(22-14-8-4-9-15-22)28(24)23-16-10-5-11-17-23/h3-17,24H,18H2,1-2H3/t24-/m0/s1. The van der Waals surface area contributed by atoms with Crippen LogP contribution in [0.1, 0.15) is 31.4 Å². The summed E-state index contributed by atoms with van der Waals surface area (Å²) in [5, 5.41) is 0. The number of benzene rings is 3. The number of carbonyl (C=O) groups is 1. The van der Waals surface area contributed by atoms with E-state index >= 15 is 0 Å². The summed E-state index contributed by atoms with van der Waals surface area (Å²) in [5.74, 6) is 0.124. The Hall–Kier alpha value is -3.46. The van der Waals surface area contributed by atoms with Crippen LogP contribution in [0.5, 0.6) is 0 Å². The monoisotopic (exact) mass is 380 g/mol. The van der Waals surface area contributed by atoms with Crippen molar-refractivity contribution < 1.29 is 4.79 Å². The quantitative estimate of drug-likeness (QED) is 0.566. The van der Waals surface area contributed by atoms with Crippen LogP contribution in [0.3, 0.4) is 0 Å². The van der Waals surface area contributed by atoms with Gasteiger partial charge in [-0.05, 0) is 37.1 Å². The second-order valence-corrected chi connectivity index (χ2v) is 7.28. The van der Waals surface area contributed by atoms with Gasteiger partial charge in [-0.15, -0.1) is 0 Å². The first-order valence-electron chi connectivity index (χ1n) is 9.89. The lowest BCUT2D eigenvalue weighted by atomic mass is 9.94. The molecule has 0 saturated heterocycles. The lowest BCUT2D eigenvalue weighted by Gasteiger charge is -2.38. The number of para-hydroxylation sites is 1. The van der Waals surface area contributed by atoms with E-state index in [2.05, 4.69) is 48.2 Å². The van der Waals surface area contributed by atoms with Gasteiger partial charge in [-0.1, -0.05) is 78.9 Å². The van der Waals surface area contributed by atoms with Crippen molar-refractivity contribution in [3.63, 3.8) is 0 Å². The van der Waals surface area contributed by atoms with Crippen molar-refractivity contribution in [2.75, 3.05) is 4.90 Å². The molecule has 0 aliphatic carbocycles. The number of ketones is 1. The van der Waals surface area contributed by atoms with Crippen molar-refractivity contribution in [2.45, 2.75) is 26.4 Å². The molecule has 3 heteroatoms. The van der Waals surface area contributed by atoms with Crippen LogP contribution in [0, 0.1) is 0 Å². The van der Waals surface area contributed by atoms with Gasteiger partial charge in [0.15, 0.2) is 0 Å². The van der Waals surface area contributed by atoms with Gasteiger partial charge in [0.25, 0.3) is 0 Å². The first-order chi connectivity index (χ1) is 14.1. The number of hydrogen-bond acceptors (Lipinski definition) is 3. The molecule has 144 valence electrons. The highest BCUT2D eigenvalue weighted by Gasteiger charge is 2.31. The fraction of sp³-hybridized carbons (Fsp3) is 0.154. The smallest absolute Gasteiger partial charge is 0.133 e. The molecule has 3 aromatic rings. The van der Waals surface area contributed by atoms with Gasteiger partial charge in [0, 0.05) is 17.7 Å². The van der Waals surface area contributed by atoms with E-state index in [1.807, 2.05) is 54.6 Å². The number of anilines is 1. The van der Waals surface area contributed by atoms with E-state index in [1.54, 1.807) is 6.92 Å². The normalized spacial score (nSPS) is 16.6. The predicted molar refractivity (Wildman–Crippen MR) is 120 cm³/mol. The van der Waals surface area contributed by atoms with Crippen molar-refractivity contribution in [3.8, 4) is 0 Å². The highest BCUT2D eigenvalue weighted by atomic mass is 16.1. The topological polar surface area (TPSA) is 32.7 Å². The lowest BCUT2D eigenvalue weighted by Crippen LogP contribution is -2.39. The fourth-order valence-electron chi connectivity index (χ4n) is 3.87. The highest BCUT2D eigenvalue weighted by molar-refractivity contribution is 6.18. The van der Waals surface area contributed by atoms with E-state index in [4.69, 9.17) is 4.99 Å². The number of aliphatic imine (C=N–C) groups is 1. The molecule has 0 N–H and O–H groups in total. The Labute approximate surface area is 172 Å². The van der Waals surface area contributed by atoms with E-state index in [9.17, 15) is 4.79 Å². The van der Waals surface area contributed by atoms with E-state index in [0.29, 0.717) is 6.42 Å². The van der Waals surface area contributed by atoms with Gasteiger partial charge < -0.3 is 4.90 Å². The molecular weight excluding hydrogens is 356 g/mol. The first-order valence-corrected chi connectivity index (χ1v) is 9.89. The molecule has 1 heterocycles. The third kappa shape index (κ3) is 3.90. The number of hydrogen-bond donors (Lipinski definition) is 0. The zero-order chi connectivity index (χ0) is 20.2. The average molecular weight is 380 g/mol. The molecule has 0 bridgehead atoms. The zero-order valence-electron chi connectivity index (χ0n) is 16.7. The highest BCUT2D eigenvalue weighted by Crippen LogP contribution is 2.37. The molecular formula is C26H24N2O.